The summed E-state index contributed by atoms with van der Waals surface area (Å²) in [6.07, 6.45) is 2.33. The number of halogens is 1. The quantitative estimate of drug-likeness (QED) is 0.809. The van der Waals surface area contributed by atoms with Crippen LogP contribution in [0.4, 0.5) is 4.39 Å². The normalized spacial score (nSPS) is 15.2. The Labute approximate surface area is 163 Å². The Kier molecular flexibility index (Phi) is 5.24. The van der Waals surface area contributed by atoms with Crippen LogP contribution in [0.15, 0.2) is 35.3 Å². The number of benzene rings is 1. The highest BCUT2D eigenvalue weighted by atomic mass is 19.1. The number of hydrogen-bond donors (Lipinski definition) is 0. The van der Waals surface area contributed by atoms with Gasteiger partial charge in [-0.3, -0.25) is 19.0 Å². The molecule has 0 fully saturated rings. The first-order chi connectivity index (χ1) is 13.2. The smallest absolute Gasteiger partial charge is 0.268 e. The van der Waals surface area contributed by atoms with E-state index in [0.717, 1.165) is 0 Å². The molecule has 0 saturated carbocycles. The minimum atomic E-state index is -0.479. The molecule has 2 aromatic rings. The van der Waals surface area contributed by atoms with Crippen LogP contribution in [0, 0.1) is 11.2 Å². The van der Waals surface area contributed by atoms with Gasteiger partial charge in [0.2, 0.25) is 0 Å². The highest BCUT2D eigenvalue weighted by Crippen LogP contribution is 2.36. The molecule has 1 heterocycles. The largest absolute Gasteiger partial charge is 0.339 e. The van der Waals surface area contributed by atoms with Crippen molar-refractivity contribution >= 4 is 11.7 Å². The third kappa shape index (κ3) is 3.51. The van der Waals surface area contributed by atoms with Crippen LogP contribution in [-0.4, -0.2) is 34.2 Å². The Balaban J connectivity index is 2.32. The summed E-state index contributed by atoms with van der Waals surface area (Å²) >= 11 is 0. The average Bonchev–Trinajstić information content (AvgIpc) is 2.62. The fraction of sp³-hybridized carbons (Fsp3) is 0.409. The van der Waals surface area contributed by atoms with Crippen molar-refractivity contribution in [3.05, 3.63) is 63.3 Å². The molecular formula is C22H25FN2O3. The summed E-state index contributed by atoms with van der Waals surface area (Å²) in [4.78, 5) is 40.9. The fourth-order valence-electron chi connectivity index (χ4n) is 3.83. The van der Waals surface area contributed by atoms with E-state index < -0.39 is 11.4 Å². The lowest BCUT2D eigenvalue weighted by Gasteiger charge is -2.32. The monoisotopic (exact) mass is 384 g/mol. The highest BCUT2D eigenvalue weighted by Gasteiger charge is 2.36. The third-order valence-corrected chi connectivity index (χ3v) is 5.28. The minimum absolute atomic E-state index is 0.0478. The first-order valence-corrected chi connectivity index (χ1v) is 9.55. The zero-order valence-corrected chi connectivity index (χ0v) is 16.7. The third-order valence-electron chi connectivity index (χ3n) is 5.28. The van der Waals surface area contributed by atoms with Crippen LogP contribution in [0.2, 0.25) is 0 Å². The molecule has 1 aliphatic rings. The van der Waals surface area contributed by atoms with E-state index in [0.29, 0.717) is 42.7 Å². The van der Waals surface area contributed by atoms with Gasteiger partial charge in [0.15, 0.2) is 5.78 Å². The number of hydrogen-bond acceptors (Lipinski definition) is 3. The minimum Gasteiger partial charge on any atom is -0.339 e. The van der Waals surface area contributed by atoms with Crippen molar-refractivity contribution < 1.29 is 14.0 Å². The Morgan fingerprint density at radius 1 is 1.11 bits per heavy atom. The van der Waals surface area contributed by atoms with E-state index in [2.05, 4.69) is 0 Å². The van der Waals surface area contributed by atoms with Crippen molar-refractivity contribution in [2.75, 3.05) is 13.1 Å². The Hall–Kier alpha value is -2.76. The van der Waals surface area contributed by atoms with Gasteiger partial charge in [-0.05, 0) is 55.5 Å². The summed E-state index contributed by atoms with van der Waals surface area (Å²) in [6.45, 7) is 8.56. The van der Waals surface area contributed by atoms with Crippen LogP contribution in [0.5, 0.6) is 0 Å². The molecule has 3 rings (SSSR count). The van der Waals surface area contributed by atoms with Gasteiger partial charge >= 0.3 is 0 Å². The zero-order chi connectivity index (χ0) is 20.6. The molecule has 1 amide bonds. The molecule has 5 nitrogen and oxygen atoms in total. The molecule has 0 unspecified atom stereocenters. The van der Waals surface area contributed by atoms with Crippen molar-refractivity contribution in [2.45, 2.75) is 40.5 Å². The number of aromatic nitrogens is 1. The number of pyridine rings is 1. The van der Waals surface area contributed by atoms with Gasteiger partial charge in [-0.15, -0.1) is 0 Å². The number of Topliss-reactive ketones (excluding diaryl/α,β-unsaturated/α-hetero) is 1. The SMILES string of the molecule is CCN(CC)C(=O)c1c2c(cn(-c3ccc(F)cc3)c1=O)C(=O)CC(C)(C)C2. The van der Waals surface area contributed by atoms with Crippen LogP contribution in [0.3, 0.4) is 0 Å². The molecule has 0 aliphatic heterocycles. The standard InChI is InChI=1S/C22H25FN2O3/c1-5-24(6-2)20(27)19-16-11-22(3,4)12-18(26)17(16)13-25(21(19)28)15-9-7-14(23)8-10-15/h7-10,13H,5-6,11-12H2,1-4H3. The van der Waals surface area contributed by atoms with E-state index >= 15 is 0 Å². The molecule has 0 spiro atoms. The summed E-state index contributed by atoms with van der Waals surface area (Å²) in [5.41, 5.74) is 0.594. The van der Waals surface area contributed by atoms with Gasteiger partial charge in [0.25, 0.3) is 11.5 Å². The van der Waals surface area contributed by atoms with Crippen molar-refractivity contribution in [1.29, 1.82) is 0 Å². The number of rotatable bonds is 4. The molecule has 1 aromatic heterocycles. The second kappa shape index (κ2) is 7.34. The number of fused-ring (bicyclic) bond motifs is 1. The summed E-state index contributed by atoms with van der Waals surface area (Å²) in [6, 6.07) is 5.42. The molecule has 0 saturated heterocycles. The number of amides is 1. The summed E-state index contributed by atoms with van der Waals surface area (Å²) in [5, 5.41) is 0. The van der Waals surface area contributed by atoms with Crippen LogP contribution >= 0.6 is 0 Å². The van der Waals surface area contributed by atoms with Crippen LogP contribution < -0.4 is 5.56 Å². The summed E-state index contributed by atoms with van der Waals surface area (Å²) in [7, 11) is 0. The maximum atomic E-state index is 13.3. The molecule has 0 N–H and O–H groups in total. The van der Waals surface area contributed by atoms with Gasteiger partial charge in [-0.2, -0.15) is 0 Å². The maximum Gasteiger partial charge on any atom is 0.268 e. The van der Waals surface area contributed by atoms with Crippen molar-refractivity contribution in [3.63, 3.8) is 0 Å². The van der Waals surface area contributed by atoms with Gasteiger partial charge in [-0.25, -0.2) is 4.39 Å². The fourth-order valence-corrected chi connectivity index (χ4v) is 3.83. The van der Waals surface area contributed by atoms with Gasteiger partial charge < -0.3 is 4.90 Å². The molecular weight excluding hydrogens is 359 g/mol. The predicted octanol–water partition coefficient (Wildman–Crippen LogP) is 3.61. The van der Waals surface area contributed by atoms with E-state index in [9.17, 15) is 18.8 Å². The van der Waals surface area contributed by atoms with Gasteiger partial charge in [-0.1, -0.05) is 13.8 Å². The lowest BCUT2D eigenvalue weighted by Crippen LogP contribution is -2.40. The second-order valence-electron chi connectivity index (χ2n) is 7.97. The summed E-state index contributed by atoms with van der Waals surface area (Å²) in [5.74, 6) is -0.879. The van der Waals surface area contributed by atoms with E-state index in [4.69, 9.17) is 0 Å². The Bertz CT molecular complexity index is 986. The second-order valence-corrected chi connectivity index (χ2v) is 7.97. The molecule has 0 atom stereocenters. The molecule has 6 heteroatoms. The van der Waals surface area contributed by atoms with Crippen LogP contribution in [-0.2, 0) is 6.42 Å². The molecule has 1 aromatic carbocycles. The number of ketones is 1. The first-order valence-electron chi connectivity index (χ1n) is 9.55. The predicted molar refractivity (Wildman–Crippen MR) is 106 cm³/mol. The molecule has 28 heavy (non-hydrogen) atoms. The molecule has 0 radical (unpaired) electrons. The number of carbonyl (C=O) groups excluding carboxylic acids is 2. The Morgan fingerprint density at radius 2 is 1.71 bits per heavy atom. The number of nitrogens with zero attached hydrogens (tertiary/aromatic N) is 2. The van der Waals surface area contributed by atoms with E-state index in [-0.39, 0.29) is 22.7 Å². The maximum absolute atomic E-state index is 13.3. The topological polar surface area (TPSA) is 59.4 Å². The van der Waals surface area contributed by atoms with Crippen LogP contribution in [0.1, 0.15) is 60.4 Å². The van der Waals surface area contributed by atoms with Gasteiger partial charge in [0.1, 0.15) is 11.4 Å². The average molecular weight is 384 g/mol. The van der Waals surface area contributed by atoms with E-state index in [1.54, 1.807) is 4.90 Å². The molecule has 148 valence electrons. The van der Waals surface area contributed by atoms with Gasteiger partial charge in [0, 0.05) is 37.0 Å². The molecule has 0 bridgehead atoms. The van der Waals surface area contributed by atoms with Crippen molar-refractivity contribution in [3.8, 4) is 5.69 Å². The lowest BCUT2D eigenvalue weighted by molar-refractivity contribution is 0.0768. The first kappa shape index (κ1) is 20.0. The highest BCUT2D eigenvalue weighted by molar-refractivity contribution is 6.04. The molecule has 1 aliphatic carbocycles. The summed E-state index contributed by atoms with van der Waals surface area (Å²) < 4.78 is 14.6. The van der Waals surface area contributed by atoms with E-state index in [1.807, 2.05) is 27.7 Å². The zero-order valence-electron chi connectivity index (χ0n) is 16.7. The number of carbonyl (C=O) groups is 2. The van der Waals surface area contributed by atoms with Crippen LogP contribution in [0.25, 0.3) is 5.69 Å². The van der Waals surface area contributed by atoms with Crippen molar-refractivity contribution in [2.24, 2.45) is 5.41 Å². The van der Waals surface area contributed by atoms with E-state index in [1.165, 1.54) is 35.0 Å². The Morgan fingerprint density at radius 3 is 2.29 bits per heavy atom. The van der Waals surface area contributed by atoms with Gasteiger partial charge in [0.05, 0.1) is 0 Å². The van der Waals surface area contributed by atoms with Crippen molar-refractivity contribution in [1.82, 2.24) is 9.47 Å². The lowest BCUT2D eigenvalue weighted by atomic mass is 9.73.